The fraction of sp³-hybridized carbons (Fsp3) is 0.111. The van der Waals surface area contributed by atoms with Gasteiger partial charge in [0.05, 0.1) is 12.0 Å². The Morgan fingerprint density at radius 1 is 0.857 bits per heavy atom. The average molecular weight is 278 g/mol. The van der Waals surface area contributed by atoms with E-state index in [1.807, 2.05) is 24.3 Å². The zero-order valence-electron chi connectivity index (χ0n) is 11.3. The van der Waals surface area contributed by atoms with Gasteiger partial charge in [0, 0.05) is 0 Å². The van der Waals surface area contributed by atoms with Gasteiger partial charge in [-0.05, 0) is 11.1 Å². The Labute approximate surface area is 122 Å². The number of allylic oxidation sites excluding steroid dienone is 2. The van der Waals surface area contributed by atoms with Crippen molar-refractivity contribution in [2.24, 2.45) is 0 Å². The van der Waals surface area contributed by atoms with Crippen molar-refractivity contribution < 1.29 is 14.7 Å². The lowest BCUT2D eigenvalue weighted by atomic mass is 9.80. The van der Waals surface area contributed by atoms with Crippen molar-refractivity contribution in [1.82, 2.24) is 0 Å². The van der Waals surface area contributed by atoms with Crippen LogP contribution in [0.15, 0.2) is 66.4 Å². The van der Waals surface area contributed by atoms with Crippen LogP contribution in [0.2, 0.25) is 0 Å². The molecule has 21 heavy (non-hydrogen) atoms. The van der Waals surface area contributed by atoms with E-state index in [1.54, 1.807) is 36.4 Å². The molecule has 1 aliphatic rings. The maximum Gasteiger partial charge on any atom is 0.174 e. The zero-order chi connectivity index (χ0) is 14.8. The van der Waals surface area contributed by atoms with Crippen molar-refractivity contribution in [3.05, 3.63) is 77.5 Å². The summed E-state index contributed by atoms with van der Waals surface area (Å²) in [6.07, 6.45) is -0.173. The highest BCUT2D eigenvalue weighted by Gasteiger charge is 2.36. The largest absolute Gasteiger partial charge is 0.510 e. The summed E-state index contributed by atoms with van der Waals surface area (Å²) in [5, 5.41) is 10.5. The van der Waals surface area contributed by atoms with Gasteiger partial charge in [-0.3, -0.25) is 9.59 Å². The Bertz CT molecular complexity index is 715. The van der Waals surface area contributed by atoms with Crippen molar-refractivity contribution in [2.75, 3.05) is 0 Å². The lowest BCUT2D eigenvalue weighted by molar-refractivity contribution is -0.126. The van der Waals surface area contributed by atoms with Crippen LogP contribution in [-0.2, 0) is 9.59 Å². The summed E-state index contributed by atoms with van der Waals surface area (Å²) < 4.78 is 0. The van der Waals surface area contributed by atoms with Crippen molar-refractivity contribution in [1.29, 1.82) is 0 Å². The lowest BCUT2D eigenvalue weighted by Gasteiger charge is -2.23. The number of benzene rings is 2. The molecule has 1 N–H and O–H groups in total. The van der Waals surface area contributed by atoms with Crippen molar-refractivity contribution >= 4 is 17.1 Å². The second-order valence-electron chi connectivity index (χ2n) is 5.04. The molecule has 0 amide bonds. The van der Waals surface area contributed by atoms with Gasteiger partial charge >= 0.3 is 0 Å². The molecule has 3 rings (SSSR count). The third-order valence-corrected chi connectivity index (χ3v) is 3.66. The van der Waals surface area contributed by atoms with Gasteiger partial charge in [-0.2, -0.15) is 0 Å². The maximum absolute atomic E-state index is 12.2. The Morgan fingerprint density at radius 3 is 2.05 bits per heavy atom. The fourth-order valence-corrected chi connectivity index (χ4v) is 2.69. The molecule has 1 atom stereocenters. The lowest BCUT2D eigenvalue weighted by Crippen LogP contribution is -2.26. The summed E-state index contributed by atoms with van der Waals surface area (Å²) in [6, 6.07) is 18.0. The van der Waals surface area contributed by atoms with Crippen LogP contribution < -0.4 is 0 Å². The molecule has 3 heteroatoms. The van der Waals surface area contributed by atoms with Gasteiger partial charge in [0.15, 0.2) is 11.6 Å². The van der Waals surface area contributed by atoms with E-state index in [-0.39, 0.29) is 29.3 Å². The van der Waals surface area contributed by atoms with Crippen molar-refractivity contribution in [3.63, 3.8) is 0 Å². The van der Waals surface area contributed by atoms with Crippen LogP contribution >= 0.6 is 0 Å². The van der Waals surface area contributed by atoms with Gasteiger partial charge in [0.25, 0.3) is 0 Å². The summed E-state index contributed by atoms with van der Waals surface area (Å²) in [7, 11) is 0. The zero-order valence-corrected chi connectivity index (χ0v) is 11.3. The SMILES string of the molecule is O=C1CC(=O)C(c2ccccc2)C(O)=C1c1ccccc1. The van der Waals surface area contributed by atoms with E-state index in [1.165, 1.54) is 0 Å². The Hall–Kier alpha value is -2.68. The topological polar surface area (TPSA) is 54.4 Å². The van der Waals surface area contributed by atoms with Crippen LogP contribution in [0.4, 0.5) is 0 Å². The van der Waals surface area contributed by atoms with Crippen LogP contribution in [-0.4, -0.2) is 16.7 Å². The molecule has 0 bridgehead atoms. The molecule has 0 radical (unpaired) electrons. The molecule has 0 saturated heterocycles. The summed E-state index contributed by atoms with van der Waals surface area (Å²) in [5.74, 6) is -1.48. The minimum Gasteiger partial charge on any atom is -0.510 e. The molecular weight excluding hydrogens is 264 g/mol. The van der Waals surface area contributed by atoms with Gasteiger partial charge in [-0.15, -0.1) is 0 Å². The number of aliphatic hydroxyl groups is 1. The molecule has 1 unspecified atom stereocenters. The number of hydrogen-bond acceptors (Lipinski definition) is 3. The third kappa shape index (κ3) is 2.38. The van der Waals surface area contributed by atoms with Crippen LogP contribution in [0.25, 0.3) is 5.57 Å². The quantitative estimate of drug-likeness (QED) is 0.858. The minimum atomic E-state index is -0.751. The van der Waals surface area contributed by atoms with Gasteiger partial charge in [0.1, 0.15) is 11.7 Å². The number of carbonyl (C=O) groups is 2. The highest BCUT2D eigenvalue weighted by molar-refractivity contribution is 6.30. The smallest absolute Gasteiger partial charge is 0.174 e. The standard InChI is InChI=1S/C18H14O3/c19-14-11-15(20)17(13-9-5-2-6-10-13)18(21)16(14)12-7-3-1-4-8-12/h1-10,16,21H,11H2. The van der Waals surface area contributed by atoms with Crippen LogP contribution in [0.3, 0.4) is 0 Å². The first-order valence-corrected chi connectivity index (χ1v) is 6.78. The number of aliphatic hydroxyl groups excluding tert-OH is 1. The predicted molar refractivity (Wildman–Crippen MR) is 79.8 cm³/mol. The monoisotopic (exact) mass is 278 g/mol. The Kier molecular flexibility index (Phi) is 3.40. The molecule has 0 aromatic heterocycles. The molecule has 0 saturated carbocycles. The number of ketones is 2. The first-order valence-electron chi connectivity index (χ1n) is 6.78. The van der Waals surface area contributed by atoms with Crippen LogP contribution in [0, 0.1) is 0 Å². The second-order valence-corrected chi connectivity index (χ2v) is 5.04. The number of rotatable bonds is 2. The van der Waals surface area contributed by atoms with E-state index in [0.717, 1.165) is 0 Å². The summed E-state index contributed by atoms with van der Waals surface area (Å²) >= 11 is 0. The highest BCUT2D eigenvalue weighted by atomic mass is 16.3. The van der Waals surface area contributed by atoms with Gasteiger partial charge in [0.2, 0.25) is 0 Å². The average Bonchev–Trinajstić information content (AvgIpc) is 2.49. The molecule has 0 aliphatic heterocycles. The van der Waals surface area contributed by atoms with Crippen LogP contribution in [0.1, 0.15) is 23.5 Å². The summed E-state index contributed by atoms with van der Waals surface area (Å²) in [6.45, 7) is 0. The molecule has 0 fully saturated rings. The third-order valence-electron chi connectivity index (χ3n) is 3.66. The molecule has 0 spiro atoms. The Morgan fingerprint density at radius 2 is 1.43 bits per heavy atom. The van der Waals surface area contributed by atoms with Gasteiger partial charge < -0.3 is 5.11 Å². The highest BCUT2D eigenvalue weighted by Crippen LogP contribution is 2.36. The van der Waals surface area contributed by atoms with E-state index in [2.05, 4.69) is 0 Å². The number of hydrogen-bond donors (Lipinski definition) is 1. The summed E-state index contributed by atoms with van der Waals surface area (Å²) in [5.41, 5.74) is 1.61. The fourth-order valence-electron chi connectivity index (χ4n) is 2.69. The molecule has 2 aromatic rings. The maximum atomic E-state index is 12.2. The molecular formula is C18H14O3. The Balaban J connectivity index is 2.15. The van der Waals surface area contributed by atoms with Gasteiger partial charge in [-0.1, -0.05) is 60.7 Å². The van der Waals surface area contributed by atoms with E-state index in [0.29, 0.717) is 11.1 Å². The molecule has 2 aromatic carbocycles. The normalized spacial score (nSPS) is 19.0. The predicted octanol–water partition coefficient (Wildman–Crippen LogP) is 3.28. The van der Waals surface area contributed by atoms with Crippen molar-refractivity contribution in [3.8, 4) is 0 Å². The first kappa shape index (κ1) is 13.3. The molecule has 1 aliphatic carbocycles. The van der Waals surface area contributed by atoms with E-state index >= 15 is 0 Å². The minimum absolute atomic E-state index is 0.145. The molecule has 3 nitrogen and oxygen atoms in total. The molecule has 104 valence electrons. The van der Waals surface area contributed by atoms with E-state index in [4.69, 9.17) is 0 Å². The van der Waals surface area contributed by atoms with Gasteiger partial charge in [-0.25, -0.2) is 0 Å². The number of Topliss-reactive ketones (excluding diaryl/α,β-unsaturated/α-hetero) is 2. The first-order chi connectivity index (χ1) is 10.2. The second kappa shape index (κ2) is 5.37. The number of carbonyl (C=O) groups excluding carboxylic acids is 2. The van der Waals surface area contributed by atoms with E-state index < -0.39 is 5.92 Å². The molecule has 0 heterocycles. The van der Waals surface area contributed by atoms with E-state index in [9.17, 15) is 14.7 Å². The van der Waals surface area contributed by atoms with Crippen molar-refractivity contribution in [2.45, 2.75) is 12.3 Å². The summed E-state index contributed by atoms with van der Waals surface area (Å²) in [4.78, 5) is 24.3. The van der Waals surface area contributed by atoms with Crippen LogP contribution in [0.5, 0.6) is 0 Å².